The quantitative estimate of drug-likeness (QED) is 0.814. The van der Waals surface area contributed by atoms with Crippen molar-refractivity contribution in [3.05, 3.63) is 34.9 Å². The van der Waals surface area contributed by atoms with Gasteiger partial charge >= 0.3 is 0 Å². The summed E-state index contributed by atoms with van der Waals surface area (Å²) in [5.41, 5.74) is 1.27. The minimum atomic E-state index is 0.346. The Morgan fingerprint density at radius 1 is 1.29 bits per heavy atom. The van der Waals surface area contributed by atoms with E-state index in [1.165, 1.54) is 37.9 Å². The van der Waals surface area contributed by atoms with Crippen molar-refractivity contribution in [1.29, 1.82) is 0 Å². The SMILES string of the molecule is COCC(c1cccc(Cl)c1)N1CCCCC1. The molecule has 0 radical (unpaired) electrons. The molecule has 0 aromatic heterocycles. The van der Waals surface area contributed by atoms with E-state index in [9.17, 15) is 0 Å². The van der Waals surface area contributed by atoms with Crippen LogP contribution in [0.4, 0.5) is 0 Å². The molecule has 1 aliphatic rings. The molecule has 1 fully saturated rings. The summed E-state index contributed by atoms with van der Waals surface area (Å²) in [7, 11) is 1.77. The van der Waals surface area contributed by atoms with Crippen LogP contribution >= 0.6 is 11.6 Å². The predicted molar refractivity (Wildman–Crippen MR) is 71.5 cm³/mol. The third-order valence-electron chi connectivity index (χ3n) is 3.39. The van der Waals surface area contributed by atoms with Crippen LogP contribution in [0.2, 0.25) is 5.02 Å². The number of ether oxygens (including phenoxy) is 1. The third-order valence-corrected chi connectivity index (χ3v) is 3.62. The number of hydrogen-bond acceptors (Lipinski definition) is 2. The molecule has 1 aromatic rings. The van der Waals surface area contributed by atoms with Crippen LogP contribution in [0.15, 0.2) is 24.3 Å². The van der Waals surface area contributed by atoms with Gasteiger partial charge in [-0.25, -0.2) is 0 Å². The molecule has 1 saturated heterocycles. The standard InChI is InChI=1S/C14H20ClNO/c1-17-11-14(16-8-3-2-4-9-16)12-6-5-7-13(15)10-12/h5-7,10,14H,2-4,8-9,11H2,1H3. The van der Waals surface area contributed by atoms with E-state index in [0.29, 0.717) is 6.04 Å². The van der Waals surface area contributed by atoms with Gasteiger partial charge in [-0.15, -0.1) is 0 Å². The number of rotatable bonds is 4. The van der Waals surface area contributed by atoms with Gasteiger partial charge in [0.05, 0.1) is 12.6 Å². The normalized spacial score (nSPS) is 19.2. The molecule has 0 spiro atoms. The molecule has 1 heterocycles. The smallest absolute Gasteiger partial charge is 0.0659 e. The Hall–Kier alpha value is -0.570. The number of halogens is 1. The average Bonchev–Trinajstić information content (AvgIpc) is 2.37. The topological polar surface area (TPSA) is 12.5 Å². The van der Waals surface area contributed by atoms with Crippen molar-refractivity contribution < 1.29 is 4.74 Å². The van der Waals surface area contributed by atoms with Gasteiger partial charge < -0.3 is 4.74 Å². The molecule has 0 aliphatic carbocycles. The van der Waals surface area contributed by atoms with E-state index in [1.807, 2.05) is 12.1 Å². The van der Waals surface area contributed by atoms with Crippen LogP contribution in [0, 0.1) is 0 Å². The first-order valence-corrected chi connectivity index (χ1v) is 6.67. The fraction of sp³-hybridized carbons (Fsp3) is 0.571. The average molecular weight is 254 g/mol. The van der Waals surface area contributed by atoms with Crippen LogP contribution in [0.1, 0.15) is 30.9 Å². The molecule has 1 unspecified atom stereocenters. The summed E-state index contributed by atoms with van der Waals surface area (Å²) in [6.45, 7) is 3.07. The van der Waals surface area contributed by atoms with Gasteiger partial charge in [0.2, 0.25) is 0 Å². The van der Waals surface area contributed by atoms with Crippen molar-refractivity contribution in [2.45, 2.75) is 25.3 Å². The van der Waals surface area contributed by atoms with Crippen molar-refractivity contribution in [2.75, 3.05) is 26.8 Å². The number of likely N-dealkylation sites (tertiary alicyclic amines) is 1. The highest BCUT2D eigenvalue weighted by molar-refractivity contribution is 6.30. The maximum absolute atomic E-state index is 6.07. The Bertz CT molecular complexity index is 350. The summed E-state index contributed by atoms with van der Waals surface area (Å²) in [6, 6.07) is 8.48. The fourth-order valence-corrected chi connectivity index (χ4v) is 2.71. The lowest BCUT2D eigenvalue weighted by atomic mass is 10.0. The van der Waals surface area contributed by atoms with Crippen molar-refractivity contribution in [3.8, 4) is 0 Å². The van der Waals surface area contributed by atoms with Crippen LogP contribution in [-0.2, 0) is 4.74 Å². The Kier molecular flexibility index (Phi) is 4.84. The van der Waals surface area contributed by atoms with Crippen LogP contribution < -0.4 is 0 Å². The monoisotopic (exact) mass is 253 g/mol. The molecule has 0 amide bonds. The molecule has 1 aliphatic heterocycles. The molecule has 0 N–H and O–H groups in total. The van der Waals surface area contributed by atoms with Crippen molar-refractivity contribution in [3.63, 3.8) is 0 Å². The number of benzene rings is 1. The first-order chi connectivity index (χ1) is 8.31. The molecular weight excluding hydrogens is 234 g/mol. The van der Waals surface area contributed by atoms with Crippen LogP contribution in [-0.4, -0.2) is 31.7 Å². The summed E-state index contributed by atoms with van der Waals surface area (Å²) in [5, 5.41) is 0.806. The number of hydrogen-bond donors (Lipinski definition) is 0. The van der Waals surface area contributed by atoms with Gasteiger partial charge in [-0.3, -0.25) is 4.90 Å². The first kappa shape index (κ1) is 12.9. The Balaban J connectivity index is 2.15. The third kappa shape index (κ3) is 3.44. The zero-order chi connectivity index (χ0) is 12.1. The van der Waals surface area contributed by atoms with Crippen LogP contribution in [0.5, 0.6) is 0 Å². The highest BCUT2D eigenvalue weighted by Crippen LogP contribution is 2.26. The van der Waals surface area contributed by atoms with Gasteiger partial charge in [0.25, 0.3) is 0 Å². The van der Waals surface area contributed by atoms with E-state index >= 15 is 0 Å². The van der Waals surface area contributed by atoms with Crippen LogP contribution in [0.25, 0.3) is 0 Å². The second kappa shape index (κ2) is 6.39. The molecule has 2 nitrogen and oxygen atoms in total. The maximum atomic E-state index is 6.07. The molecule has 0 bridgehead atoms. The van der Waals surface area contributed by atoms with E-state index in [4.69, 9.17) is 16.3 Å². The lowest BCUT2D eigenvalue weighted by molar-refractivity contribution is 0.0767. The number of piperidine rings is 1. The van der Waals surface area contributed by atoms with E-state index in [-0.39, 0.29) is 0 Å². The second-order valence-electron chi connectivity index (χ2n) is 4.62. The highest BCUT2D eigenvalue weighted by Gasteiger charge is 2.22. The minimum absolute atomic E-state index is 0.346. The zero-order valence-corrected chi connectivity index (χ0v) is 11.1. The van der Waals surface area contributed by atoms with E-state index in [0.717, 1.165) is 11.6 Å². The summed E-state index contributed by atoms with van der Waals surface area (Å²) in [4.78, 5) is 2.51. The first-order valence-electron chi connectivity index (χ1n) is 6.29. The molecule has 94 valence electrons. The molecule has 2 rings (SSSR count). The van der Waals surface area contributed by atoms with Crippen molar-refractivity contribution in [2.24, 2.45) is 0 Å². The molecular formula is C14H20ClNO. The van der Waals surface area contributed by atoms with Gasteiger partial charge in [0.15, 0.2) is 0 Å². The largest absolute Gasteiger partial charge is 0.383 e. The molecule has 1 atom stereocenters. The van der Waals surface area contributed by atoms with Crippen LogP contribution in [0.3, 0.4) is 0 Å². The van der Waals surface area contributed by atoms with Gasteiger partial charge in [-0.05, 0) is 43.6 Å². The van der Waals surface area contributed by atoms with E-state index in [2.05, 4.69) is 17.0 Å². The van der Waals surface area contributed by atoms with E-state index in [1.54, 1.807) is 7.11 Å². The minimum Gasteiger partial charge on any atom is -0.383 e. The van der Waals surface area contributed by atoms with Gasteiger partial charge in [0.1, 0.15) is 0 Å². The number of methoxy groups -OCH3 is 1. The maximum Gasteiger partial charge on any atom is 0.0659 e. The Morgan fingerprint density at radius 3 is 2.71 bits per heavy atom. The summed E-state index contributed by atoms with van der Waals surface area (Å²) >= 11 is 6.07. The van der Waals surface area contributed by atoms with Gasteiger partial charge in [-0.2, -0.15) is 0 Å². The lowest BCUT2D eigenvalue weighted by Crippen LogP contribution is -2.35. The summed E-state index contributed by atoms with van der Waals surface area (Å²) in [5.74, 6) is 0. The number of nitrogens with zero attached hydrogens (tertiary/aromatic N) is 1. The van der Waals surface area contributed by atoms with Gasteiger partial charge in [-0.1, -0.05) is 30.2 Å². The Labute approximate surface area is 109 Å². The molecule has 0 saturated carbocycles. The predicted octanol–water partition coefficient (Wildman–Crippen LogP) is 3.51. The second-order valence-corrected chi connectivity index (χ2v) is 5.06. The molecule has 17 heavy (non-hydrogen) atoms. The molecule has 1 aromatic carbocycles. The van der Waals surface area contributed by atoms with Gasteiger partial charge in [0, 0.05) is 12.1 Å². The Morgan fingerprint density at radius 2 is 2.06 bits per heavy atom. The van der Waals surface area contributed by atoms with Crippen molar-refractivity contribution in [1.82, 2.24) is 4.90 Å². The fourth-order valence-electron chi connectivity index (χ4n) is 2.51. The summed E-state index contributed by atoms with van der Waals surface area (Å²) < 4.78 is 5.37. The summed E-state index contributed by atoms with van der Waals surface area (Å²) in [6.07, 6.45) is 3.94. The lowest BCUT2D eigenvalue weighted by Gasteiger charge is -2.34. The zero-order valence-electron chi connectivity index (χ0n) is 10.4. The molecule has 3 heteroatoms. The van der Waals surface area contributed by atoms with Crippen molar-refractivity contribution >= 4 is 11.6 Å². The van der Waals surface area contributed by atoms with E-state index < -0.39 is 0 Å². The highest BCUT2D eigenvalue weighted by atomic mass is 35.5.